The minimum atomic E-state index is -0.457. The predicted octanol–water partition coefficient (Wildman–Crippen LogP) is 4.89. The first-order valence-corrected chi connectivity index (χ1v) is 12.1. The lowest BCUT2D eigenvalue weighted by Gasteiger charge is -2.13. The average molecular weight is 544 g/mol. The topological polar surface area (TPSA) is 88.7 Å². The highest BCUT2D eigenvalue weighted by Gasteiger charge is 2.11. The van der Waals surface area contributed by atoms with Gasteiger partial charge in [-0.15, -0.1) is 0 Å². The molecule has 9 heteroatoms. The van der Waals surface area contributed by atoms with Crippen LogP contribution in [0.3, 0.4) is 0 Å². The van der Waals surface area contributed by atoms with E-state index < -0.39 is 11.8 Å². The zero-order chi connectivity index (χ0) is 24.3. The van der Waals surface area contributed by atoms with E-state index in [1.807, 2.05) is 30.3 Å². The number of ether oxygens (including phenoxy) is 2. The molecule has 0 atom stereocenters. The molecule has 178 valence electrons. The van der Waals surface area contributed by atoms with Crippen LogP contribution in [0.2, 0.25) is 0 Å². The molecule has 0 saturated heterocycles. The molecule has 0 fully saturated rings. The fourth-order valence-electron chi connectivity index (χ4n) is 3.08. The fourth-order valence-corrected chi connectivity index (χ4v) is 3.83. The molecule has 0 saturated carbocycles. The molecule has 3 aromatic carbocycles. The van der Waals surface area contributed by atoms with Gasteiger partial charge in [0.1, 0.15) is 11.5 Å². The first kappa shape index (κ1) is 25.5. The second-order valence-electron chi connectivity index (χ2n) is 7.42. The van der Waals surface area contributed by atoms with Crippen LogP contribution in [-0.4, -0.2) is 30.1 Å². The highest BCUT2D eigenvalue weighted by atomic mass is 79.9. The van der Waals surface area contributed by atoms with Crippen LogP contribution in [0.15, 0.2) is 65.1 Å². The van der Waals surface area contributed by atoms with Crippen LogP contribution in [0.25, 0.3) is 10.8 Å². The monoisotopic (exact) mass is 543 g/mol. The summed E-state index contributed by atoms with van der Waals surface area (Å²) in [5.41, 5.74) is 5.32. The Morgan fingerprint density at radius 2 is 1.71 bits per heavy atom. The normalized spacial score (nSPS) is 10.4. The largest absolute Gasteiger partial charge is 0.494 e. The van der Waals surface area contributed by atoms with E-state index in [4.69, 9.17) is 21.7 Å². The van der Waals surface area contributed by atoms with E-state index in [9.17, 15) is 9.59 Å². The lowest BCUT2D eigenvalue weighted by molar-refractivity contribution is -0.123. The number of carbonyl (C=O) groups excluding carboxylic acids is 2. The van der Waals surface area contributed by atoms with Crippen LogP contribution < -0.4 is 25.6 Å². The third kappa shape index (κ3) is 7.43. The quantitative estimate of drug-likeness (QED) is 0.202. The van der Waals surface area contributed by atoms with Gasteiger partial charge >= 0.3 is 0 Å². The third-order valence-electron chi connectivity index (χ3n) is 4.86. The van der Waals surface area contributed by atoms with Gasteiger partial charge in [-0.3, -0.25) is 25.8 Å². The van der Waals surface area contributed by atoms with Crippen molar-refractivity contribution in [3.63, 3.8) is 0 Å². The van der Waals surface area contributed by atoms with E-state index in [0.29, 0.717) is 23.7 Å². The molecule has 0 bridgehead atoms. The number of fused-ring (bicyclic) bond motifs is 1. The lowest BCUT2D eigenvalue weighted by atomic mass is 10.1. The molecule has 2 amide bonds. The molecule has 0 aliphatic rings. The van der Waals surface area contributed by atoms with E-state index in [0.717, 1.165) is 34.5 Å². The van der Waals surface area contributed by atoms with Crippen molar-refractivity contribution in [2.45, 2.75) is 26.2 Å². The highest BCUT2D eigenvalue weighted by molar-refractivity contribution is 9.10. The summed E-state index contributed by atoms with van der Waals surface area (Å²) in [5, 5.41) is 4.52. The molecule has 0 aromatic heterocycles. The average Bonchev–Trinajstić information content (AvgIpc) is 2.85. The van der Waals surface area contributed by atoms with Crippen molar-refractivity contribution in [2.75, 3.05) is 13.2 Å². The Kier molecular flexibility index (Phi) is 9.66. The first-order chi connectivity index (χ1) is 16.5. The molecule has 0 aliphatic heterocycles. The maximum Gasteiger partial charge on any atom is 0.276 e. The fraction of sp³-hybridized carbons (Fsp3) is 0.240. The molecule has 0 heterocycles. The van der Waals surface area contributed by atoms with Gasteiger partial charge in [-0.2, -0.15) is 0 Å². The van der Waals surface area contributed by atoms with E-state index in [1.165, 1.54) is 0 Å². The van der Waals surface area contributed by atoms with Crippen LogP contribution in [0.5, 0.6) is 11.5 Å². The minimum Gasteiger partial charge on any atom is -0.494 e. The van der Waals surface area contributed by atoms with Crippen molar-refractivity contribution >= 4 is 55.8 Å². The zero-order valence-electron chi connectivity index (χ0n) is 18.7. The van der Waals surface area contributed by atoms with Gasteiger partial charge in [0, 0.05) is 5.56 Å². The maximum atomic E-state index is 12.3. The number of nitrogens with one attached hydrogen (secondary N) is 3. The smallest absolute Gasteiger partial charge is 0.276 e. The van der Waals surface area contributed by atoms with Gasteiger partial charge in [-0.1, -0.05) is 50.1 Å². The van der Waals surface area contributed by atoms with E-state index in [1.54, 1.807) is 30.3 Å². The van der Waals surface area contributed by atoms with Gasteiger partial charge in [0.25, 0.3) is 11.8 Å². The van der Waals surface area contributed by atoms with Crippen molar-refractivity contribution in [1.82, 2.24) is 16.2 Å². The van der Waals surface area contributed by atoms with Gasteiger partial charge in [0.2, 0.25) is 0 Å². The Labute approximate surface area is 212 Å². The second-order valence-corrected chi connectivity index (χ2v) is 8.63. The van der Waals surface area contributed by atoms with Crippen molar-refractivity contribution in [3.8, 4) is 11.5 Å². The van der Waals surface area contributed by atoms with Crippen LogP contribution >= 0.6 is 28.1 Å². The van der Waals surface area contributed by atoms with Gasteiger partial charge < -0.3 is 9.47 Å². The summed E-state index contributed by atoms with van der Waals surface area (Å²) < 4.78 is 12.0. The SMILES string of the molecule is CCCCCOc1ccc(C(=O)NC(=S)NNC(=O)COc2ccc3ccccc3c2Br)cc1. The van der Waals surface area contributed by atoms with Crippen LogP contribution in [0.4, 0.5) is 0 Å². The number of unbranched alkanes of at least 4 members (excludes halogenated alkanes) is 2. The minimum absolute atomic E-state index is 0.0369. The molecule has 0 spiro atoms. The molecule has 34 heavy (non-hydrogen) atoms. The highest BCUT2D eigenvalue weighted by Crippen LogP contribution is 2.32. The number of benzene rings is 3. The molecule has 0 unspecified atom stereocenters. The summed E-state index contributed by atoms with van der Waals surface area (Å²) >= 11 is 8.59. The standard InChI is InChI=1S/C25H26BrN3O4S/c1-2-3-6-15-32-19-12-9-18(10-13-19)24(31)27-25(34)29-28-22(30)16-33-21-14-11-17-7-4-5-8-20(17)23(21)26/h4-5,7-14H,2-3,6,15-16H2,1H3,(H,28,30)(H2,27,29,31,34). The molecular weight excluding hydrogens is 518 g/mol. The number of thiocarbonyl (C=S) groups is 1. The van der Waals surface area contributed by atoms with E-state index >= 15 is 0 Å². The molecule has 0 radical (unpaired) electrons. The number of rotatable bonds is 9. The van der Waals surface area contributed by atoms with E-state index in [2.05, 4.69) is 39.0 Å². The number of carbonyl (C=O) groups is 2. The summed E-state index contributed by atoms with van der Waals surface area (Å²) in [6, 6.07) is 18.3. The Hall–Kier alpha value is -3.17. The summed E-state index contributed by atoms with van der Waals surface area (Å²) in [4.78, 5) is 24.5. The first-order valence-electron chi connectivity index (χ1n) is 10.9. The molecule has 3 rings (SSSR count). The molecule has 7 nitrogen and oxygen atoms in total. The Bertz CT molecular complexity index is 1150. The Morgan fingerprint density at radius 1 is 0.941 bits per heavy atom. The Balaban J connectivity index is 1.41. The second kappa shape index (κ2) is 12.9. The zero-order valence-corrected chi connectivity index (χ0v) is 21.1. The molecular formula is C25H26BrN3O4S. The van der Waals surface area contributed by atoms with Gasteiger partial charge in [-0.05, 0) is 75.7 Å². The van der Waals surface area contributed by atoms with Crippen molar-refractivity contribution < 1.29 is 19.1 Å². The summed E-state index contributed by atoms with van der Waals surface area (Å²) in [7, 11) is 0. The lowest BCUT2D eigenvalue weighted by Crippen LogP contribution is -2.49. The van der Waals surface area contributed by atoms with Crippen LogP contribution in [0, 0.1) is 0 Å². The van der Waals surface area contributed by atoms with Crippen LogP contribution in [-0.2, 0) is 4.79 Å². The Morgan fingerprint density at radius 3 is 2.47 bits per heavy atom. The maximum absolute atomic E-state index is 12.3. The number of halogens is 1. The van der Waals surface area contributed by atoms with Crippen LogP contribution in [0.1, 0.15) is 36.5 Å². The predicted molar refractivity (Wildman–Crippen MR) is 140 cm³/mol. The van der Waals surface area contributed by atoms with Crippen molar-refractivity contribution in [1.29, 1.82) is 0 Å². The third-order valence-corrected chi connectivity index (χ3v) is 5.88. The number of hydrogen-bond acceptors (Lipinski definition) is 5. The summed E-state index contributed by atoms with van der Waals surface area (Å²) in [6.45, 7) is 2.55. The van der Waals surface area contributed by atoms with E-state index in [-0.39, 0.29) is 11.7 Å². The summed E-state index contributed by atoms with van der Waals surface area (Å²) in [6.07, 6.45) is 3.25. The number of hydrazine groups is 1. The molecule has 3 N–H and O–H groups in total. The van der Waals surface area contributed by atoms with Gasteiger partial charge in [-0.25, -0.2) is 0 Å². The van der Waals surface area contributed by atoms with Gasteiger partial charge in [0.05, 0.1) is 11.1 Å². The molecule has 0 aliphatic carbocycles. The van der Waals surface area contributed by atoms with Crippen molar-refractivity contribution in [2.24, 2.45) is 0 Å². The van der Waals surface area contributed by atoms with Crippen molar-refractivity contribution in [3.05, 3.63) is 70.7 Å². The van der Waals surface area contributed by atoms with Gasteiger partial charge in [0.15, 0.2) is 11.7 Å². The number of amides is 2. The summed E-state index contributed by atoms with van der Waals surface area (Å²) in [5.74, 6) is 0.392. The molecule has 3 aromatic rings. The number of hydrogen-bond donors (Lipinski definition) is 3.